The highest BCUT2D eigenvalue weighted by Crippen LogP contribution is 2.44. The monoisotopic (exact) mass is 538 g/mol. The van der Waals surface area contributed by atoms with Crippen LogP contribution >= 0.6 is 15.9 Å². The molecule has 0 saturated carbocycles. The van der Waals surface area contributed by atoms with Gasteiger partial charge in [0.05, 0.1) is 39.7 Å². The highest BCUT2D eigenvalue weighted by molar-refractivity contribution is 9.10. The van der Waals surface area contributed by atoms with Gasteiger partial charge in [0.1, 0.15) is 12.4 Å². The molecule has 0 bridgehead atoms. The standard InChI is InChI=1S/C27H27BrN2O5/c1-5-35-24(31)16-30-25(17-9-7-6-8-10-17)20-15-19(28)11-12-21(20)29-27(30)18-13-22(32-2)26(34-4)23(14-18)33-3/h6-15,25H,5,16H2,1-4H3/t25-/m0/s1. The highest BCUT2D eigenvalue weighted by atomic mass is 79.9. The average molecular weight is 539 g/mol. The van der Waals surface area contributed by atoms with E-state index in [0.717, 1.165) is 26.9 Å². The van der Waals surface area contributed by atoms with Crippen LogP contribution in [0.15, 0.2) is 70.1 Å². The van der Waals surface area contributed by atoms with Crippen molar-refractivity contribution in [2.24, 2.45) is 4.99 Å². The Balaban J connectivity index is 1.97. The van der Waals surface area contributed by atoms with Crippen LogP contribution in [0, 0.1) is 0 Å². The number of amidine groups is 1. The van der Waals surface area contributed by atoms with Gasteiger partial charge in [0.15, 0.2) is 11.5 Å². The Morgan fingerprint density at radius 1 is 0.971 bits per heavy atom. The van der Waals surface area contributed by atoms with Crippen molar-refractivity contribution in [2.45, 2.75) is 13.0 Å². The summed E-state index contributed by atoms with van der Waals surface area (Å²) in [5.74, 6) is 1.74. The molecule has 0 aliphatic carbocycles. The van der Waals surface area contributed by atoms with Crippen molar-refractivity contribution in [2.75, 3.05) is 34.5 Å². The molecule has 0 N–H and O–H groups in total. The van der Waals surface area contributed by atoms with E-state index in [1.54, 1.807) is 28.3 Å². The molecule has 0 aromatic heterocycles. The predicted octanol–water partition coefficient (Wildman–Crippen LogP) is 5.52. The number of esters is 1. The summed E-state index contributed by atoms with van der Waals surface area (Å²) in [5, 5.41) is 0. The number of aliphatic imine (C=N–C) groups is 1. The molecule has 182 valence electrons. The fourth-order valence-corrected chi connectivity index (χ4v) is 4.64. The zero-order chi connectivity index (χ0) is 24.9. The Labute approximate surface area is 213 Å². The van der Waals surface area contributed by atoms with Crippen LogP contribution in [-0.2, 0) is 9.53 Å². The summed E-state index contributed by atoms with van der Waals surface area (Å²) in [6.45, 7) is 2.10. The zero-order valence-corrected chi connectivity index (χ0v) is 21.7. The van der Waals surface area contributed by atoms with Crippen LogP contribution in [0.1, 0.15) is 29.7 Å². The maximum Gasteiger partial charge on any atom is 0.325 e. The summed E-state index contributed by atoms with van der Waals surface area (Å²) >= 11 is 3.59. The summed E-state index contributed by atoms with van der Waals surface area (Å²) in [6.07, 6.45) is 0. The molecular weight excluding hydrogens is 512 g/mol. The Kier molecular flexibility index (Phi) is 7.60. The summed E-state index contributed by atoms with van der Waals surface area (Å²) in [5.41, 5.74) is 3.53. The van der Waals surface area contributed by atoms with Crippen molar-refractivity contribution in [3.63, 3.8) is 0 Å². The zero-order valence-electron chi connectivity index (χ0n) is 20.1. The van der Waals surface area contributed by atoms with Crippen LogP contribution in [0.2, 0.25) is 0 Å². The first-order valence-corrected chi connectivity index (χ1v) is 12.0. The quantitative estimate of drug-likeness (QED) is 0.351. The maximum atomic E-state index is 12.8. The number of benzene rings is 3. The van der Waals surface area contributed by atoms with E-state index >= 15 is 0 Å². The molecule has 0 radical (unpaired) electrons. The van der Waals surface area contributed by atoms with Crippen LogP contribution in [0.25, 0.3) is 0 Å². The molecule has 4 rings (SSSR count). The maximum absolute atomic E-state index is 12.8. The lowest BCUT2D eigenvalue weighted by Gasteiger charge is -2.38. The summed E-state index contributed by atoms with van der Waals surface area (Å²) in [6, 6.07) is 19.4. The van der Waals surface area contributed by atoms with Gasteiger partial charge in [0.25, 0.3) is 0 Å². The van der Waals surface area contributed by atoms with Crippen molar-refractivity contribution >= 4 is 33.4 Å². The minimum atomic E-state index is -0.341. The topological polar surface area (TPSA) is 69.6 Å². The molecule has 35 heavy (non-hydrogen) atoms. The number of fused-ring (bicyclic) bond motifs is 1. The summed E-state index contributed by atoms with van der Waals surface area (Å²) in [4.78, 5) is 19.7. The molecule has 8 heteroatoms. The Morgan fingerprint density at radius 2 is 1.66 bits per heavy atom. The number of carbonyl (C=O) groups is 1. The Hall–Kier alpha value is -3.52. The fraction of sp³-hybridized carbons (Fsp3) is 0.259. The lowest BCUT2D eigenvalue weighted by atomic mass is 9.92. The third-order valence-electron chi connectivity index (χ3n) is 5.74. The molecule has 1 aliphatic rings. The number of rotatable bonds is 8. The number of nitrogens with zero attached hydrogens (tertiary/aromatic N) is 2. The Bertz CT molecular complexity index is 1220. The van der Waals surface area contributed by atoms with Gasteiger partial charge in [-0.2, -0.15) is 0 Å². The molecular formula is C27H27BrN2O5. The van der Waals surface area contributed by atoms with Crippen LogP contribution < -0.4 is 14.2 Å². The van der Waals surface area contributed by atoms with E-state index < -0.39 is 0 Å². The number of hydrogen-bond donors (Lipinski definition) is 0. The Morgan fingerprint density at radius 3 is 2.26 bits per heavy atom. The molecule has 1 heterocycles. The van der Waals surface area contributed by atoms with E-state index in [2.05, 4.69) is 15.9 Å². The minimum Gasteiger partial charge on any atom is -0.493 e. The van der Waals surface area contributed by atoms with Gasteiger partial charge in [0, 0.05) is 15.6 Å². The number of ether oxygens (including phenoxy) is 4. The summed E-state index contributed by atoms with van der Waals surface area (Å²) < 4.78 is 22.9. The van der Waals surface area contributed by atoms with Crippen molar-refractivity contribution in [3.05, 3.63) is 81.8 Å². The van der Waals surface area contributed by atoms with Crippen molar-refractivity contribution < 1.29 is 23.7 Å². The van der Waals surface area contributed by atoms with Gasteiger partial charge in [-0.3, -0.25) is 4.79 Å². The van der Waals surface area contributed by atoms with E-state index in [1.165, 1.54) is 0 Å². The number of hydrogen-bond acceptors (Lipinski definition) is 7. The fourth-order valence-electron chi connectivity index (χ4n) is 4.26. The molecule has 0 amide bonds. The molecule has 7 nitrogen and oxygen atoms in total. The first-order valence-electron chi connectivity index (χ1n) is 11.2. The first-order chi connectivity index (χ1) is 17.0. The van der Waals surface area contributed by atoms with Crippen LogP contribution in [0.4, 0.5) is 5.69 Å². The molecule has 1 atom stereocenters. The highest BCUT2D eigenvalue weighted by Gasteiger charge is 2.34. The smallest absolute Gasteiger partial charge is 0.325 e. The molecule has 0 spiro atoms. The third-order valence-corrected chi connectivity index (χ3v) is 6.23. The van der Waals surface area contributed by atoms with Crippen LogP contribution in [0.3, 0.4) is 0 Å². The lowest BCUT2D eigenvalue weighted by molar-refractivity contribution is -0.143. The van der Waals surface area contributed by atoms with Crippen LogP contribution in [-0.4, -0.2) is 51.2 Å². The molecule has 1 aliphatic heterocycles. The number of carbonyl (C=O) groups excluding carboxylic acids is 1. The minimum absolute atomic E-state index is 0.00878. The molecule has 0 fully saturated rings. The van der Waals surface area contributed by atoms with E-state index in [1.807, 2.05) is 65.6 Å². The van der Waals surface area contributed by atoms with E-state index in [0.29, 0.717) is 29.7 Å². The average Bonchev–Trinajstić information content (AvgIpc) is 2.88. The SMILES string of the molecule is CCOC(=O)CN1C(c2cc(OC)c(OC)c(OC)c2)=Nc2ccc(Br)cc2[C@@H]1c1ccccc1. The molecule has 3 aromatic carbocycles. The van der Waals surface area contributed by atoms with Gasteiger partial charge in [0.2, 0.25) is 5.75 Å². The molecule has 0 unspecified atom stereocenters. The van der Waals surface area contributed by atoms with Crippen LogP contribution in [0.5, 0.6) is 17.2 Å². The number of methoxy groups -OCH3 is 3. The van der Waals surface area contributed by atoms with Gasteiger partial charge >= 0.3 is 5.97 Å². The van der Waals surface area contributed by atoms with Crippen molar-refractivity contribution in [1.82, 2.24) is 4.90 Å². The largest absolute Gasteiger partial charge is 0.493 e. The normalized spacial score (nSPS) is 14.6. The lowest BCUT2D eigenvalue weighted by Crippen LogP contribution is -2.42. The van der Waals surface area contributed by atoms with Gasteiger partial charge in [-0.15, -0.1) is 0 Å². The number of halogens is 1. The molecule has 3 aromatic rings. The molecule has 0 saturated heterocycles. The second kappa shape index (κ2) is 10.8. The van der Waals surface area contributed by atoms with Gasteiger partial charge in [-0.05, 0) is 42.8 Å². The third kappa shape index (κ3) is 4.98. The van der Waals surface area contributed by atoms with Crippen molar-refractivity contribution in [1.29, 1.82) is 0 Å². The van der Waals surface area contributed by atoms with Gasteiger partial charge in [-0.25, -0.2) is 4.99 Å². The van der Waals surface area contributed by atoms with E-state index in [-0.39, 0.29) is 18.6 Å². The van der Waals surface area contributed by atoms with E-state index in [4.69, 9.17) is 23.9 Å². The van der Waals surface area contributed by atoms with E-state index in [9.17, 15) is 4.79 Å². The van der Waals surface area contributed by atoms with Gasteiger partial charge < -0.3 is 23.8 Å². The summed E-state index contributed by atoms with van der Waals surface area (Å²) in [7, 11) is 4.70. The predicted molar refractivity (Wildman–Crippen MR) is 138 cm³/mol. The van der Waals surface area contributed by atoms with Crippen molar-refractivity contribution in [3.8, 4) is 17.2 Å². The second-order valence-corrected chi connectivity index (χ2v) is 8.71. The van der Waals surface area contributed by atoms with Gasteiger partial charge in [-0.1, -0.05) is 46.3 Å². The first kappa shape index (κ1) is 24.6. The second-order valence-electron chi connectivity index (χ2n) is 7.80.